The van der Waals surface area contributed by atoms with Crippen LogP contribution in [0.5, 0.6) is 0 Å². The Morgan fingerprint density at radius 2 is 2.00 bits per heavy atom. The van der Waals surface area contributed by atoms with Gasteiger partial charge in [-0.1, -0.05) is 34.1 Å². The average molecular weight is 352 g/mol. The van der Waals surface area contributed by atoms with Crippen molar-refractivity contribution in [2.75, 3.05) is 39.8 Å². The summed E-state index contributed by atoms with van der Waals surface area (Å²) in [4.78, 5) is 16.5. The van der Waals surface area contributed by atoms with Crippen LogP contribution in [0, 0.1) is 11.8 Å². The number of fused-ring (bicyclic) bond motifs is 1. The van der Waals surface area contributed by atoms with Crippen molar-refractivity contribution in [3.05, 3.63) is 34.3 Å². The average Bonchev–Trinajstić information content (AvgIpc) is 3.02. The number of nitrogens with zero attached hydrogens (tertiary/aromatic N) is 2. The fourth-order valence-electron chi connectivity index (χ4n) is 3.36. The van der Waals surface area contributed by atoms with Crippen LogP contribution in [0.25, 0.3) is 0 Å². The van der Waals surface area contributed by atoms with E-state index in [9.17, 15) is 4.79 Å². The first-order chi connectivity index (χ1) is 10.1. The van der Waals surface area contributed by atoms with Crippen LogP contribution >= 0.6 is 15.9 Å². The Balaban J connectivity index is 1.52. The summed E-state index contributed by atoms with van der Waals surface area (Å²) in [7, 11) is 1.89. The topological polar surface area (TPSA) is 35.6 Å². The van der Waals surface area contributed by atoms with Crippen LogP contribution in [0.3, 0.4) is 0 Å². The number of hydrogen-bond donors (Lipinski definition) is 1. The molecule has 0 bridgehead atoms. The van der Waals surface area contributed by atoms with E-state index in [1.54, 1.807) is 0 Å². The third-order valence-corrected chi connectivity index (χ3v) is 5.39. The molecule has 4 nitrogen and oxygen atoms in total. The number of benzene rings is 1. The van der Waals surface area contributed by atoms with Crippen molar-refractivity contribution in [3.63, 3.8) is 0 Å². The molecule has 0 radical (unpaired) electrons. The van der Waals surface area contributed by atoms with Gasteiger partial charge in [0.15, 0.2) is 0 Å². The van der Waals surface area contributed by atoms with E-state index in [1.165, 1.54) is 0 Å². The minimum Gasteiger partial charge on any atom is -0.340 e. The second-order valence-electron chi connectivity index (χ2n) is 6.21. The highest BCUT2D eigenvalue weighted by Gasteiger charge is 2.36. The first kappa shape index (κ1) is 15.0. The number of rotatable bonds is 4. The minimum atomic E-state index is 0.207. The van der Waals surface area contributed by atoms with E-state index in [4.69, 9.17) is 0 Å². The number of carbonyl (C=O) groups excluding carboxylic acids is 1. The predicted molar refractivity (Wildman–Crippen MR) is 86.9 cm³/mol. The first-order valence-electron chi connectivity index (χ1n) is 7.54. The Morgan fingerprint density at radius 1 is 1.33 bits per heavy atom. The zero-order chi connectivity index (χ0) is 14.8. The molecule has 1 aromatic carbocycles. The van der Waals surface area contributed by atoms with Crippen molar-refractivity contribution in [3.8, 4) is 0 Å². The molecular formula is C16H22BrN3O. The normalized spacial score (nSPS) is 25.0. The molecule has 1 N–H and O–H groups in total. The summed E-state index contributed by atoms with van der Waals surface area (Å²) in [6, 6.07) is 8.07. The van der Waals surface area contributed by atoms with E-state index < -0.39 is 0 Å². The summed E-state index contributed by atoms with van der Waals surface area (Å²) in [6.07, 6.45) is 0. The summed E-state index contributed by atoms with van der Waals surface area (Å²) in [5.41, 5.74) is 1.15. The monoisotopic (exact) mass is 351 g/mol. The SMILES string of the molecule is CN(Cc1ccccc1Br)C(=O)CN1C[C@H]2CNC[C@H]2C1. The maximum Gasteiger partial charge on any atom is 0.236 e. The lowest BCUT2D eigenvalue weighted by molar-refractivity contribution is -0.131. The van der Waals surface area contributed by atoms with E-state index in [1.807, 2.05) is 30.1 Å². The molecule has 0 saturated carbocycles. The highest BCUT2D eigenvalue weighted by Crippen LogP contribution is 2.26. The van der Waals surface area contributed by atoms with Crippen LogP contribution in [0.15, 0.2) is 28.7 Å². The molecule has 0 aliphatic carbocycles. The maximum atomic E-state index is 12.4. The van der Waals surface area contributed by atoms with Gasteiger partial charge in [0.25, 0.3) is 0 Å². The molecule has 0 aromatic heterocycles. The fraction of sp³-hybridized carbons (Fsp3) is 0.562. The van der Waals surface area contributed by atoms with Gasteiger partial charge in [-0.05, 0) is 36.6 Å². The van der Waals surface area contributed by atoms with Gasteiger partial charge in [-0.2, -0.15) is 0 Å². The Morgan fingerprint density at radius 3 is 2.67 bits per heavy atom. The summed E-state index contributed by atoms with van der Waals surface area (Å²) in [5.74, 6) is 1.69. The Labute approximate surface area is 134 Å². The third kappa shape index (κ3) is 3.47. The number of halogens is 1. The molecule has 5 heteroatoms. The Bertz CT molecular complexity index is 510. The van der Waals surface area contributed by atoms with E-state index in [2.05, 4.69) is 32.2 Å². The summed E-state index contributed by atoms with van der Waals surface area (Å²) in [5, 5.41) is 3.43. The van der Waals surface area contributed by atoms with Gasteiger partial charge in [-0.3, -0.25) is 9.69 Å². The van der Waals surface area contributed by atoms with Crippen molar-refractivity contribution in [1.82, 2.24) is 15.1 Å². The number of likely N-dealkylation sites (tertiary alicyclic amines) is 1. The standard InChI is InChI=1S/C16H22BrN3O/c1-19(8-12-4-2-3-5-15(12)17)16(21)11-20-9-13-6-18-7-14(13)10-20/h2-5,13-14,18H,6-11H2,1H3/t13-,14+. The molecule has 1 aromatic rings. The Kier molecular flexibility index (Phi) is 4.62. The smallest absolute Gasteiger partial charge is 0.236 e. The van der Waals surface area contributed by atoms with Crippen molar-refractivity contribution >= 4 is 21.8 Å². The second kappa shape index (κ2) is 6.46. The van der Waals surface area contributed by atoms with Crippen molar-refractivity contribution in [2.45, 2.75) is 6.54 Å². The molecule has 1 amide bonds. The molecule has 21 heavy (non-hydrogen) atoms. The summed E-state index contributed by atoms with van der Waals surface area (Å²) < 4.78 is 1.06. The van der Waals surface area contributed by atoms with Gasteiger partial charge in [-0.15, -0.1) is 0 Å². The number of carbonyl (C=O) groups is 1. The molecular weight excluding hydrogens is 330 g/mol. The van der Waals surface area contributed by atoms with Crippen molar-refractivity contribution in [1.29, 1.82) is 0 Å². The molecule has 2 aliphatic rings. The molecule has 3 rings (SSSR count). The largest absolute Gasteiger partial charge is 0.340 e. The molecule has 2 fully saturated rings. The summed E-state index contributed by atoms with van der Waals surface area (Å²) >= 11 is 3.54. The molecule has 2 heterocycles. The van der Waals surface area contributed by atoms with Gasteiger partial charge in [0, 0.05) is 31.2 Å². The highest BCUT2D eigenvalue weighted by molar-refractivity contribution is 9.10. The minimum absolute atomic E-state index is 0.207. The Hall–Kier alpha value is -0.910. The van der Waals surface area contributed by atoms with Gasteiger partial charge in [0.05, 0.1) is 6.54 Å². The van der Waals surface area contributed by atoms with Gasteiger partial charge in [0.1, 0.15) is 0 Å². The van der Waals surface area contributed by atoms with Gasteiger partial charge in [-0.25, -0.2) is 0 Å². The van der Waals surface area contributed by atoms with Crippen LogP contribution in [0.4, 0.5) is 0 Å². The lowest BCUT2D eigenvalue weighted by atomic mass is 10.0. The molecule has 0 spiro atoms. The van der Waals surface area contributed by atoms with E-state index in [0.29, 0.717) is 13.1 Å². The van der Waals surface area contributed by atoms with Crippen molar-refractivity contribution in [2.24, 2.45) is 11.8 Å². The van der Waals surface area contributed by atoms with Gasteiger partial charge in [0.2, 0.25) is 5.91 Å². The van der Waals surface area contributed by atoms with Crippen LogP contribution in [-0.4, -0.2) is 55.5 Å². The van der Waals surface area contributed by atoms with E-state index >= 15 is 0 Å². The molecule has 0 unspecified atom stereocenters. The number of likely N-dealkylation sites (N-methyl/N-ethyl adjacent to an activating group) is 1. The zero-order valence-electron chi connectivity index (χ0n) is 12.4. The van der Waals surface area contributed by atoms with Crippen LogP contribution in [0.1, 0.15) is 5.56 Å². The van der Waals surface area contributed by atoms with Crippen LogP contribution in [0.2, 0.25) is 0 Å². The second-order valence-corrected chi connectivity index (χ2v) is 7.07. The molecule has 2 saturated heterocycles. The number of amides is 1. The van der Waals surface area contributed by atoms with Gasteiger partial charge < -0.3 is 10.2 Å². The van der Waals surface area contributed by atoms with Crippen LogP contribution in [-0.2, 0) is 11.3 Å². The summed E-state index contributed by atoms with van der Waals surface area (Å²) in [6.45, 7) is 5.55. The number of hydrogen-bond acceptors (Lipinski definition) is 3. The van der Waals surface area contributed by atoms with E-state index in [-0.39, 0.29) is 5.91 Å². The molecule has 2 aliphatic heterocycles. The number of nitrogens with one attached hydrogen (secondary N) is 1. The maximum absolute atomic E-state index is 12.4. The first-order valence-corrected chi connectivity index (χ1v) is 8.33. The quantitative estimate of drug-likeness (QED) is 0.893. The molecule has 2 atom stereocenters. The third-order valence-electron chi connectivity index (χ3n) is 4.62. The molecule has 114 valence electrons. The van der Waals surface area contributed by atoms with E-state index in [0.717, 1.165) is 48.1 Å². The lowest BCUT2D eigenvalue weighted by Crippen LogP contribution is -2.38. The van der Waals surface area contributed by atoms with Crippen LogP contribution < -0.4 is 5.32 Å². The lowest BCUT2D eigenvalue weighted by Gasteiger charge is -2.22. The fourth-order valence-corrected chi connectivity index (χ4v) is 3.77. The zero-order valence-corrected chi connectivity index (χ0v) is 14.0. The predicted octanol–water partition coefficient (Wildman–Crippen LogP) is 1.56. The van der Waals surface area contributed by atoms with Gasteiger partial charge >= 0.3 is 0 Å². The van der Waals surface area contributed by atoms with Crippen molar-refractivity contribution < 1.29 is 4.79 Å². The highest BCUT2D eigenvalue weighted by atomic mass is 79.9.